The number of phenolic OH excluding ortho intramolecular Hbond substituents is 1. The molecular formula is C19H27ClN2O2. The van der Waals surface area contributed by atoms with Crippen LogP contribution in [-0.4, -0.2) is 48.2 Å². The fraction of sp³-hybridized carbons (Fsp3) is 0.421. The van der Waals surface area contributed by atoms with Crippen molar-refractivity contribution in [3.05, 3.63) is 42.0 Å². The maximum absolute atomic E-state index is 12.4. The molecule has 2 aromatic carbocycles. The monoisotopic (exact) mass is 350 g/mol. The number of nitrogens with zero attached hydrogens (tertiary/aromatic N) is 1. The SMILES string of the molecule is CC[N+](CC)(CC)CCNC(=O)c1cc2ccccc2cc1O.[Cl-]. The Bertz CT molecular complexity index is 676. The molecule has 4 nitrogen and oxygen atoms in total. The van der Waals surface area contributed by atoms with E-state index in [0.717, 1.165) is 41.4 Å². The highest BCUT2D eigenvalue weighted by atomic mass is 35.5. The third kappa shape index (κ3) is 4.40. The molecular weight excluding hydrogens is 324 g/mol. The molecule has 0 aliphatic heterocycles. The van der Waals surface area contributed by atoms with E-state index in [1.165, 1.54) is 0 Å². The zero-order valence-corrected chi connectivity index (χ0v) is 15.4. The van der Waals surface area contributed by atoms with E-state index in [4.69, 9.17) is 0 Å². The highest BCUT2D eigenvalue weighted by molar-refractivity contribution is 6.01. The van der Waals surface area contributed by atoms with Gasteiger partial charge in [-0.2, -0.15) is 0 Å². The third-order valence-corrected chi connectivity index (χ3v) is 4.99. The number of carbonyl (C=O) groups excluding carboxylic acids is 1. The van der Waals surface area contributed by atoms with Crippen molar-refractivity contribution in [3.63, 3.8) is 0 Å². The molecule has 0 bridgehead atoms. The van der Waals surface area contributed by atoms with Gasteiger partial charge in [0.2, 0.25) is 0 Å². The lowest BCUT2D eigenvalue weighted by molar-refractivity contribution is -0.922. The first-order valence-corrected chi connectivity index (χ1v) is 8.40. The maximum Gasteiger partial charge on any atom is 0.255 e. The predicted molar refractivity (Wildman–Crippen MR) is 94.7 cm³/mol. The van der Waals surface area contributed by atoms with E-state index in [0.29, 0.717) is 12.1 Å². The van der Waals surface area contributed by atoms with Crippen LogP contribution in [0.15, 0.2) is 36.4 Å². The van der Waals surface area contributed by atoms with Crippen LogP contribution in [0.2, 0.25) is 0 Å². The largest absolute Gasteiger partial charge is 1.00 e. The lowest BCUT2D eigenvalue weighted by atomic mass is 10.1. The van der Waals surface area contributed by atoms with Gasteiger partial charge in [-0.1, -0.05) is 24.3 Å². The highest BCUT2D eigenvalue weighted by Crippen LogP contribution is 2.24. The molecule has 2 rings (SSSR count). The van der Waals surface area contributed by atoms with Gasteiger partial charge in [-0.05, 0) is 43.7 Å². The molecule has 0 atom stereocenters. The average molecular weight is 351 g/mol. The molecule has 0 aromatic heterocycles. The highest BCUT2D eigenvalue weighted by Gasteiger charge is 2.21. The van der Waals surface area contributed by atoms with Crippen molar-refractivity contribution in [1.82, 2.24) is 5.32 Å². The molecule has 24 heavy (non-hydrogen) atoms. The van der Waals surface area contributed by atoms with Gasteiger partial charge in [-0.25, -0.2) is 0 Å². The minimum absolute atomic E-state index is 0. The Labute approximate surface area is 150 Å². The minimum Gasteiger partial charge on any atom is -1.00 e. The molecule has 0 saturated carbocycles. The summed E-state index contributed by atoms with van der Waals surface area (Å²) in [6.07, 6.45) is 0. The molecule has 2 aromatic rings. The molecule has 5 heteroatoms. The topological polar surface area (TPSA) is 49.3 Å². The smallest absolute Gasteiger partial charge is 0.255 e. The van der Waals surface area contributed by atoms with Crippen LogP contribution in [0.4, 0.5) is 0 Å². The van der Waals surface area contributed by atoms with Crippen LogP contribution in [0.1, 0.15) is 31.1 Å². The molecule has 0 unspecified atom stereocenters. The standard InChI is InChI=1S/C19H26N2O2.ClH/c1-4-21(5-2,6-3)12-11-20-19(23)17-13-15-9-7-8-10-16(15)14-18(17)22;/h7-10,13-14H,4-6,11-12H2,1-3H3,(H-,20,22,23);1H. The number of aromatic hydroxyl groups is 1. The molecule has 2 N–H and O–H groups in total. The Morgan fingerprint density at radius 3 is 2.12 bits per heavy atom. The zero-order chi connectivity index (χ0) is 16.9. The van der Waals surface area contributed by atoms with Gasteiger partial charge in [0.05, 0.1) is 38.3 Å². The lowest BCUT2D eigenvalue weighted by Gasteiger charge is -2.35. The van der Waals surface area contributed by atoms with Gasteiger partial charge in [0.25, 0.3) is 5.91 Å². The van der Waals surface area contributed by atoms with E-state index in [1.807, 2.05) is 24.3 Å². The number of amides is 1. The van der Waals surface area contributed by atoms with E-state index in [9.17, 15) is 9.90 Å². The van der Waals surface area contributed by atoms with E-state index in [2.05, 4.69) is 26.1 Å². The first kappa shape index (κ1) is 20.3. The van der Waals surface area contributed by atoms with Gasteiger partial charge < -0.3 is 27.3 Å². The quantitative estimate of drug-likeness (QED) is 0.699. The number of halogens is 1. The van der Waals surface area contributed by atoms with Crippen LogP contribution >= 0.6 is 0 Å². The Balaban J connectivity index is 0.00000288. The molecule has 0 aliphatic carbocycles. The van der Waals surface area contributed by atoms with Gasteiger partial charge in [-0.15, -0.1) is 0 Å². The van der Waals surface area contributed by atoms with Crippen molar-refractivity contribution in [2.75, 3.05) is 32.7 Å². The number of hydrogen-bond acceptors (Lipinski definition) is 2. The summed E-state index contributed by atoms with van der Waals surface area (Å²) in [5.74, 6) is -0.182. The number of benzene rings is 2. The second-order valence-corrected chi connectivity index (χ2v) is 5.99. The van der Waals surface area contributed by atoms with Crippen LogP contribution in [0.5, 0.6) is 5.75 Å². The number of rotatable bonds is 7. The Morgan fingerprint density at radius 2 is 1.58 bits per heavy atom. The number of phenols is 1. The molecule has 0 aliphatic rings. The number of likely N-dealkylation sites (N-methyl/N-ethyl adjacent to an activating group) is 1. The summed E-state index contributed by atoms with van der Waals surface area (Å²) in [7, 11) is 0. The van der Waals surface area contributed by atoms with Crippen molar-refractivity contribution in [1.29, 1.82) is 0 Å². The number of hydrogen-bond donors (Lipinski definition) is 2. The van der Waals surface area contributed by atoms with Crippen molar-refractivity contribution in [3.8, 4) is 5.75 Å². The minimum atomic E-state index is -0.213. The summed E-state index contributed by atoms with van der Waals surface area (Å²) < 4.78 is 0.990. The predicted octanol–water partition coefficient (Wildman–Crippen LogP) is 0.156. The summed E-state index contributed by atoms with van der Waals surface area (Å²) >= 11 is 0. The third-order valence-electron chi connectivity index (χ3n) is 4.99. The van der Waals surface area contributed by atoms with Crippen molar-refractivity contribution < 1.29 is 26.8 Å². The van der Waals surface area contributed by atoms with Crippen LogP contribution in [0.25, 0.3) is 10.8 Å². The van der Waals surface area contributed by atoms with Crippen LogP contribution in [-0.2, 0) is 0 Å². The normalized spacial score (nSPS) is 11.1. The van der Waals surface area contributed by atoms with E-state index >= 15 is 0 Å². The van der Waals surface area contributed by atoms with E-state index in [-0.39, 0.29) is 24.1 Å². The second kappa shape index (κ2) is 8.90. The summed E-state index contributed by atoms with van der Waals surface area (Å²) in [4.78, 5) is 12.4. The molecule has 132 valence electrons. The van der Waals surface area contributed by atoms with E-state index < -0.39 is 0 Å². The van der Waals surface area contributed by atoms with Crippen LogP contribution in [0, 0.1) is 0 Å². The Morgan fingerprint density at radius 1 is 1.04 bits per heavy atom. The zero-order valence-electron chi connectivity index (χ0n) is 14.7. The molecule has 1 amide bonds. The Hall–Kier alpha value is -1.78. The number of fused-ring (bicyclic) bond motifs is 1. The van der Waals surface area contributed by atoms with Gasteiger partial charge in [0, 0.05) is 0 Å². The van der Waals surface area contributed by atoms with Gasteiger partial charge in [-0.3, -0.25) is 4.79 Å². The summed E-state index contributed by atoms with van der Waals surface area (Å²) in [6.45, 7) is 11.3. The number of quaternary nitrogens is 1. The molecule has 0 radical (unpaired) electrons. The molecule has 0 spiro atoms. The number of nitrogens with one attached hydrogen (secondary N) is 1. The van der Waals surface area contributed by atoms with Gasteiger partial charge in [0.1, 0.15) is 5.75 Å². The average Bonchev–Trinajstić information content (AvgIpc) is 2.58. The van der Waals surface area contributed by atoms with Crippen LogP contribution in [0.3, 0.4) is 0 Å². The molecule has 0 fully saturated rings. The maximum atomic E-state index is 12.4. The van der Waals surface area contributed by atoms with Gasteiger partial charge in [0.15, 0.2) is 0 Å². The fourth-order valence-corrected chi connectivity index (χ4v) is 3.06. The fourth-order valence-electron chi connectivity index (χ4n) is 3.06. The Kier molecular flexibility index (Phi) is 7.52. The number of carbonyl (C=O) groups is 1. The van der Waals surface area contributed by atoms with Gasteiger partial charge >= 0.3 is 0 Å². The molecule has 0 heterocycles. The van der Waals surface area contributed by atoms with Crippen LogP contribution < -0.4 is 17.7 Å². The van der Waals surface area contributed by atoms with E-state index in [1.54, 1.807) is 12.1 Å². The lowest BCUT2D eigenvalue weighted by Crippen LogP contribution is -3.00. The van der Waals surface area contributed by atoms with Crippen molar-refractivity contribution in [2.24, 2.45) is 0 Å². The first-order chi connectivity index (χ1) is 11.0. The summed E-state index contributed by atoms with van der Waals surface area (Å²) in [5, 5.41) is 14.9. The first-order valence-electron chi connectivity index (χ1n) is 8.40. The van der Waals surface area contributed by atoms with Crippen molar-refractivity contribution >= 4 is 16.7 Å². The molecule has 0 saturated heterocycles. The summed E-state index contributed by atoms with van der Waals surface area (Å²) in [6, 6.07) is 11.1. The summed E-state index contributed by atoms with van der Waals surface area (Å²) in [5.41, 5.74) is 0.339. The van der Waals surface area contributed by atoms with Crippen molar-refractivity contribution in [2.45, 2.75) is 20.8 Å². The second-order valence-electron chi connectivity index (χ2n) is 5.99.